The lowest BCUT2D eigenvalue weighted by Gasteiger charge is -2.19. The first-order valence-corrected chi connectivity index (χ1v) is 4.76. The minimum absolute atomic E-state index is 0.648. The normalized spacial score (nSPS) is 12.9. The Morgan fingerprint density at radius 1 is 1.50 bits per heavy atom. The van der Waals surface area contributed by atoms with E-state index in [0.29, 0.717) is 6.42 Å². The zero-order valence-corrected chi connectivity index (χ0v) is 8.51. The molecule has 0 spiro atoms. The third-order valence-electron chi connectivity index (χ3n) is 2.01. The van der Waals surface area contributed by atoms with Crippen LogP contribution >= 0.6 is 0 Å². The summed E-state index contributed by atoms with van der Waals surface area (Å²) in [5, 5.41) is 8.38. The third kappa shape index (κ3) is 6.18. The van der Waals surface area contributed by atoms with E-state index >= 15 is 0 Å². The Morgan fingerprint density at radius 2 is 2.17 bits per heavy atom. The van der Waals surface area contributed by atoms with E-state index in [-0.39, 0.29) is 0 Å². The van der Waals surface area contributed by atoms with Crippen molar-refractivity contribution in [3.8, 4) is 6.07 Å². The second-order valence-corrected chi connectivity index (χ2v) is 3.56. The van der Waals surface area contributed by atoms with Crippen molar-refractivity contribution < 1.29 is 0 Å². The Bertz CT molecular complexity index is 137. The van der Waals surface area contributed by atoms with Crippen molar-refractivity contribution in [1.82, 2.24) is 4.90 Å². The van der Waals surface area contributed by atoms with Gasteiger partial charge in [0.1, 0.15) is 0 Å². The minimum atomic E-state index is 0.648. The van der Waals surface area contributed by atoms with Gasteiger partial charge in [0.15, 0.2) is 0 Å². The lowest BCUT2D eigenvalue weighted by atomic mass is 10.1. The molecule has 0 N–H and O–H groups in total. The summed E-state index contributed by atoms with van der Waals surface area (Å²) >= 11 is 0. The van der Waals surface area contributed by atoms with Crippen LogP contribution in [0.5, 0.6) is 0 Å². The molecule has 0 aromatic heterocycles. The molecule has 2 heteroatoms. The van der Waals surface area contributed by atoms with Gasteiger partial charge in [-0.05, 0) is 19.4 Å². The van der Waals surface area contributed by atoms with Crippen molar-refractivity contribution in [1.29, 1.82) is 5.26 Å². The number of nitrogens with zero attached hydrogens (tertiary/aromatic N) is 2. The van der Waals surface area contributed by atoms with Gasteiger partial charge in [-0.3, -0.25) is 0 Å². The van der Waals surface area contributed by atoms with Crippen molar-refractivity contribution >= 4 is 0 Å². The van der Waals surface area contributed by atoms with Gasteiger partial charge >= 0.3 is 0 Å². The van der Waals surface area contributed by atoms with Crippen molar-refractivity contribution in [3.63, 3.8) is 0 Å². The average Bonchev–Trinajstić information content (AvgIpc) is 2.01. The van der Waals surface area contributed by atoms with Gasteiger partial charge in [0.2, 0.25) is 0 Å². The molecule has 0 aliphatic rings. The topological polar surface area (TPSA) is 27.0 Å². The van der Waals surface area contributed by atoms with Gasteiger partial charge in [0, 0.05) is 19.5 Å². The van der Waals surface area contributed by atoms with Crippen molar-refractivity contribution in [2.45, 2.75) is 33.1 Å². The molecule has 0 amide bonds. The standard InChI is InChI=1S/C10H20N2/c1-4-6-10(2)9-12(3)8-5-7-11/h10H,4-6,8-9H2,1-3H3. The summed E-state index contributed by atoms with van der Waals surface area (Å²) in [6.07, 6.45) is 3.19. The fraction of sp³-hybridized carbons (Fsp3) is 0.900. The zero-order valence-electron chi connectivity index (χ0n) is 8.51. The van der Waals surface area contributed by atoms with Crippen molar-refractivity contribution in [3.05, 3.63) is 0 Å². The molecular weight excluding hydrogens is 148 g/mol. The molecular formula is C10H20N2. The molecule has 2 nitrogen and oxygen atoms in total. The molecule has 1 unspecified atom stereocenters. The summed E-state index contributed by atoms with van der Waals surface area (Å²) in [6, 6.07) is 2.16. The Kier molecular flexibility index (Phi) is 6.79. The largest absolute Gasteiger partial charge is 0.305 e. The quantitative estimate of drug-likeness (QED) is 0.608. The summed E-state index contributed by atoms with van der Waals surface area (Å²) in [5.74, 6) is 0.763. The Hall–Kier alpha value is -0.550. The molecule has 0 aliphatic carbocycles. The predicted molar refractivity (Wildman–Crippen MR) is 51.8 cm³/mol. The first-order chi connectivity index (χ1) is 5.70. The molecule has 70 valence electrons. The highest BCUT2D eigenvalue weighted by Crippen LogP contribution is 2.06. The Balaban J connectivity index is 3.41. The van der Waals surface area contributed by atoms with Gasteiger partial charge in [-0.1, -0.05) is 20.3 Å². The maximum Gasteiger partial charge on any atom is 0.0635 e. The Labute approximate surface area is 76.2 Å². The molecule has 1 atom stereocenters. The molecule has 0 saturated heterocycles. The van der Waals surface area contributed by atoms with E-state index in [1.165, 1.54) is 12.8 Å². The molecule has 0 rings (SSSR count). The van der Waals surface area contributed by atoms with Crippen LogP contribution < -0.4 is 0 Å². The molecule has 0 radical (unpaired) electrons. The van der Waals surface area contributed by atoms with Crippen LogP contribution in [0.25, 0.3) is 0 Å². The first kappa shape index (κ1) is 11.4. The van der Waals surface area contributed by atoms with E-state index in [2.05, 4.69) is 31.9 Å². The predicted octanol–water partition coefficient (Wildman–Crippen LogP) is 2.27. The SMILES string of the molecule is CCCC(C)CN(C)CCC#N. The highest BCUT2D eigenvalue weighted by atomic mass is 15.1. The van der Waals surface area contributed by atoms with Crippen LogP contribution in [0.4, 0.5) is 0 Å². The van der Waals surface area contributed by atoms with Gasteiger partial charge in [0.05, 0.1) is 6.07 Å². The van der Waals surface area contributed by atoms with Crippen LogP contribution in [-0.4, -0.2) is 25.0 Å². The highest BCUT2D eigenvalue weighted by Gasteiger charge is 2.04. The molecule has 0 heterocycles. The number of hydrogen-bond acceptors (Lipinski definition) is 2. The van der Waals surface area contributed by atoms with Crippen LogP contribution in [0.15, 0.2) is 0 Å². The van der Waals surface area contributed by atoms with Gasteiger partial charge < -0.3 is 4.90 Å². The summed E-state index contributed by atoms with van der Waals surface area (Å²) in [7, 11) is 2.09. The van der Waals surface area contributed by atoms with E-state index in [9.17, 15) is 0 Å². The van der Waals surface area contributed by atoms with Crippen molar-refractivity contribution in [2.75, 3.05) is 20.1 Å². The fourth-order valence-electron chi connectivity index (χ4n) is 1.45. The van der Waals surface area contributed by atoms with E-state index in [0.717, 1.165) is 19.0 Å². The summed E-state index contributed by atoms with van der Waals surface area (Å²) in [4.78, 5) is 2.24. The number of hydrogen-bond donors (Lipinski definition) is 0. The lowest BCUT2D eigenvalue weighted by molar-refractivity contribution is 0.282. The second-order valence-electron chi connectivity index (χ2n) is 3.56. The fourth-order valence-corrected chi connectivity index (χ4v) is 1.45. The van der Waals surface area contributed by atoms with E-state index in [1.807, 2.05) is 0 Å². The van der Waals surface area contributed by atoms with Gasteiger partial charge in [0.25, 0.3) is 0 Å². The molecule has 12 heavy (non-hydrogen) atoms. The lowest BCUT2D eigenvalue weighted by Crippen LogP contribution is -2.25. The van der Waals surface area contributed by atoms with Gasteiger partial charge in [-0.15, -0.1) is 0 Å². The van der Waals surface area contributed by atoms with E-state index in [4.69, 9.17) is 5.26 Å². The Morgan fingerprint density at radius 3 is 2.67 bits per heavy atom. The average molecular weight is 168 g/mol. The van der Waals surface area contributed by atoms with Gasteiger partial charge in [-0.25, -0.2) is 0 Å². The zero-order chi connectivity index (χ0) is 9.40. The number of rotatable bonds is 6. The molecule has 0 fully saturated rings. The van der Waals surface area contributed by atoms with Gasteiger partial charge in [-0.2, -0.15) is 5.26 Å². The maximum absolute atomic E-state index is 8.38. The molecule has 0 saturated carbocycles. The van der Waals surface area contributed by atoms with Crippen LogP contribution in [0.1, 0.15) is 33.1 Å². The molecule has 0 aromatic carbocycles. The van der Waals surface area contributed by atoms with E-state index < -0.39 is 0 Å². The van der Waals surface area contributed by atoms with Crippen LogP contribution in [-0.2, 0) is 0 Å². The number of nitriles is 1. The van der Waals surface area contributed by atoms with Crippen LogP contribution in [0, 0.1) is 17.2 Å². The monoisotopic (exact) mass is 168 g/mol. The first-order valence-electron chi connectivity index (χ1n) is 4.76. The van der Waals surface area contributed by atoms with E-state index in [1.54, 1.807) is 0 Å². The summed E-state index contributed by atoms with van der Waals surface area (Å²) in [5.41, 5.74) is 0. The van der Waals surface area contributed by atoms with Crippen LogP contribution in [0.2, 0.25) is 0 Å². The van der Waals surface area contributed by atoms with Crippen molar-refractivity contribution in [2.24, 2.45) is 5.92 Å². The third-order valence-corrected chi connectivity index (χ3v) is 2.01. The second kappa shape index (κ2) is 7.12. The smallest absolute Gasteiger partial charge is 0.0635 e. The highest BCUT2D eigenvalue weighted by molar-refractivity contribution is 4.71. The minimum Gasteiger partial charge on any atom is -0.305 e. The summed E-state index contributed by atoms with van der Waals surface area (Å²) in [6.45, 7) is 6.51. The molecule has 0 bridgehead atoms. The summed E-state index contributed by atoms with van der Waals surface area (Å²) < 4.78 is 0. The maximum atomic E-state index is 8.38. The van der Waals surface area contributed by atoms with Crippen LogP contribution in [0.3, 0.4) is 0 Å². The molecule has 0 aliphatic heterocycles. The molecule has 0 aromatic rings.